The fourth-order valence-corrected chi connectivity index (χ4v) is 3.26. The molecule has 0 saturated carbocycles. The summed E-state index contributed by atoms with van der Waals surface area (Å²) < 4.78 is 12.0. The van der Waals surface area contributed by atoms with Crippen LogP contribution in [-0.4, -0.2) is 38.3 Å². The van der Waals surface area contributed by atoms with E-state index in [1.165, 1.54) is 0 Å². The van der Waals surface area contributed by atoms with E-state index in [4.69, 9.17) is 21.1 Å². The molecule has 1 unspecified atom stereocenters. The van der Waals surface area contributed by atoms with E-state index < -0.39 is 6.10 Å². The second-order valence-electron chi connectivity index (χ2n) is 5.97. The van der Waals surface area contributed by atoms with Gasteiger partial charge in [0.15, 0.2) is 6.10 Å². The van der Waals surface area contributed by atoms with Crippen LogP contribution in [-0.2, 0) is 9.53 Å². The standard InChI is InChI=1S/C19H20BrClN2O3/c1-13(26-16-4-2-3-15(21)12-16)19(24)22-17-11-14(20)5-6-18(17)23-7-9-25-10-8-23/h2-6,11-13H,7-10H2,1H3,(H,22,24). The van der Waals surface area contributed by atoms with Crippen molar-refractivity contribution in [1.29, 1.82) is 0 Å². The SMILES string of the molecule is CC(Oc1cccc(Cl)c1)C(=O)Nc1cc(Br)ccc1N1CCOCC1. The molecule has 1 heterocycles. The van der Waals surface area contributed by atoms with Crippen LogP contribution in [0.3, 0.4) is 0 Å². The van der Waals surface area contributed by atoms with Gasteiger partial charge in [0.25, 0.3) is 5.91 Å². The molecule has 2 aromatic carbocycles. The summed E-state index contributed by atoms with van der Waals surface area (Å²) in [4.78, 5) is 14.8. The predicted molar refractivity (Wildman–Crippen MR) is 107 cm³/mol. The fraction of sp³-hybridized carbons (Fsp3) is 0.316. The van der Waals surface area contributed by atoms with Crippen LogP contribution < -0.4 is 15.0 Å². The molecule has 0 aromatic heterocycles. The number of hydrogen-bond acceptors (Lipinski definition) is 4. The van der Waals surface area contributed by atoms with Crippen molar-refractivity contribution in [2.24, 2.45) is 0 Å². The van der Waals surface area contributed by atoms with Crippen LogP contribution in [0.4, 0.5) is 11.4 Å². The zero-order valence-corrected chi connectivity index (χ0v) is 16.7. The Hall–Kier alpha value is -1.76. The Morgan fingerprint density at radius 3 is 2.77 bits per heavy atom. The van der Waals surface area contributed by atoms with Gasteiger partial charge in [-0.25, -0.2) is 0 Å². The summed E-state index contributed by atoms with van der Waals surface area (Å²) in [6.07, 6.45) is -0.662. The lowest BCUT2D eigenvalue weighted by molar-refractivity contribution is -0.122. The van der Waals surface area contributed by atoms with Crippen LogP contribution in [0.15, 0.2) is 46.9 Å². The minimum atomic E-state index is -0.662. The number of carbonyl (C=O) groups is 1. The number of morpholine rings is 1. The first-order valence-electron chi connectivity index (χ1n) is 8.38. The third-order valence-electron chi connectivity index (χ3n) is 4.05. The molecular weight excluding hydrogens is 420 g/mol. The van der Waals surface area contributed by atoms with Crippen LogP contribution in [0.2, 0.25) is 5.02 Å². The van der Waals surface area contributed by atoms with Crippen molar-refractivity contribution in [2.75, 3.05) is 36.5 Å². The van der Waals surface area contributed by atoms with E-state index >= 15 is 0 Å². The summed E-state index contributed by atoms with van der Waals surface area (Å²) in [5.74, 6) is 0.334. The van der Waals surface area contributed by atoms with Crippen LogP contribution in [0, 0.1) is 0 Å². The monoisotopic (exact) mass is 438 g/mol. The maximum atomic E-state index is 12.6. The average molecular weight is 440 g/mol. The molecule has 1 atom stereocenters. The topological polar surface area (TPSA) is 50.8 Å². The third-order valence-corrected chi connectivity index (χ3v) is 4.77. The number of halogens is 2. The van der Waals surface area contributed by atoms with Crippen molar-refractivity contribution in [3.05, 3.63) is 52.0 Å². The highest BCUT2D eigenvalue weighted by Gasteiger charge is 2.20. The number of nitrogens with one attached hydrogen (secondary N) is 1. The number of benzene rings is 2. The fourth-order valence-electron chi connectivity index (χ4n) is 2.72. The number of nitrogens with zero attached hydrogens (tertiary/aromatic N) is 1. The van der Waals surface area contributed by atoms with Gasteiger partial charge in [0.05, 0.1) is 24.6 Å². The second-order valence-corrected chi connectivity index (χ2v) is 7.32. The lowest BCUT2D eigenvalue weighted by Crippen LogP contribution is -2.37. The third kappa shape index (κ3) is 4.90. The van der Waals surface area contributed by atoms with Gasteiger partial charge in [-0.3, -0.25) is 4.79 Å². The highest BCUT2D eigenvalue weighted by atomic mass is 79.9. The first-order chi connectivity index (χ1) is 12.5. The molecule has 2 aromatic rings. The molecule has 0 spiro atoms. The van der Waals surface area contributed by atoms with Crippen molar-refractivity contribution in [3.8, 4) is 5.75 Å². The lowest BCUT2D eigenvalue weighted by Gasteiger charge is -2.31. The van der Waals surface area contributed by atoms with E-state index in [9.17, 15) is 4.79 Å². The van der Waals surface area contributed by atoms with E-state index in [1.807, 2.05) is 18.2 Å². The molecule has 1 aliphatic rings. The van der Waals surface area contributed by atoms with Gasteiger partial charge in [0.1, 0.15) is 5.75 Å². The van der Waals surface area contributed by atoms with Gasteiger partial charge in [-0.15, -0.1) is 0 Å². The van der Waals surface area contributed by atoms with Gasteiger partial charge in [-0.2, -0.15) is 0 Å². The molecule has 0 aliphatic carbocycles. The molecule has 7 heteroatoms. The molecule has 1 fully saturated rings. The van der Waals surface area contributed by atoms with Crippen molar-refractivity contribution in [3.63, 3.8) is 0 Å². The number of ether oxygens (including phenoxy) is 2. The van der Waals surface area contributed by atoms with Crippen molar-refractivity contribution >= 4 is 44.8 Å². The van der Waals surface area contributed by atoms with E-state index in [2.05, 4.69) is 26.1 Å². The van der Waals surface area contributed by atoms with Crippen LogP contribution in [0.1, 0.15) is 6.92 Å². The summed E-state index contributed by atoms with van der Waals surface area (Å²) in [5.41, 5.74) is 1.72. The summed E-state index contributed by atoms with van der Waals surface area (Å²) in [6, 6.07) is 12.9. The highest BCUT2D eigenvalue weighted by Crippen LogP contribution is 2.30. The van der Waals surface area contributed by atoms with Gasteiger partial charge < -0.3 is 19.7 Å². The van der Waals surface area contributed by atoms with Crippen LogP contribution in [0.25, 0.3) is 0 Å². The molecular formula is C19H20BrClN2O3. The summed E-state index contributed by atoms with van der Waals surface area (Å²) in [6.45, 7) is 4.65. The molecule has 138 valence electrons. The molecule has 1 N–H and O–H groups in total. The van der Waals surface area contributed by atoms with E-state index in [-0.39, 0.29) is 5.91 Å². The zero-order valence-electron chi connectivity index (χ0n) is 14.4. The molecule has 1 amide bonds. The average Bonchev–Trinajstić information content (AvgIpc) is 2.62. The maximum Gasteiger partial charge on any atom is 0.265 e. The number of rotatable bonds is 5. The minimum absolute atomic E-state index is 0.224. The largest absolute Gasteiger partial charge is 0.481 e. The van der Waals surface area contributed by atoms with Gasteiger partial charge in [0.2, 0.25) is 0 Å². The Balaban J connectivity index is 1.72. The van der Waals surface area contributed by atoms with Gasteiger partial charge in [-0.05, 0) is 43.3 Å². The second kappa shape index (κ2) is 8.75. The highest BCUT2D eigenvalue weighted by molar-refractivity contribution is 9.10. The first-order valence-corrected chi connectivity index (χ1v) is 9.55. The summed E-state index contributed by atoms with van der Waals surface area (Å²) in [5, 5.41) is 3.54. The quantitative estimate of drug-likeness (QED) is 0.753. The Morgan fingerprint density at radius 1 is 1.27 bits per heavy atom. The molecule has 1 saturated heterocycles. The summed E-state index contributed by atoms with van der Waals surface area (Å²) >= 11 is 9.43. The molecule has 0 bridgehead atoms. The normalized spacial score (nSPS) is 15.4. The number of carbonyl (C=O) groups excluding carboxylic acids is 1. The number of amides is 1. The Morgan fingerprint density at radius 2 is 2.04 bits per heavy atom. The summed E-state index contributed by atoms with van der Waals surface area (Å²) in [7, 11) is 0. The number of hydrogen-bond donors (Lipinski definition) is 1. The van der Waals surface area contributed by atoms with Crippen LogP contribution in [0.5, 0.6) is 5.75 Å². The van der Waals surface area contributed by atoms with E-state index in [1.54, 1.807) is 31.2 Å². The molecule has 26 heavy (non-hydrogen) atoms. The predicted octanol–water partition coefficient (Wildman–Crippen LogP) is 4.35. The smallest absolute Gasteiger partial charge is 0.265 e. The van der Waals surface area contributed by atoms with Crippen molar-refractivity contribution < 1.29 is 14.3 Å². The first kappa shape index (κ1) is 19.0. The van der Waals surface area contributed by atoms with Crippen molar-refractivity contribution in [1.82, 2.24) is 0 Å². The van der Waals surface area contributed by atoms with Crippen molar-refractivity contribution in [2.45, 2.75) is 13.0 Å². The van der Waals surface area contributed by atoms with Gasteiger partial charge in [-0.1, -0.05) is 33.6 Å². The van der Waals surface area contributed by atoms with Gasteiger partial charge >= 0.3 is 0 Å². The molecule has 1 aliphatic heterocycles. The minimum Gasteiger partial charge on any atom is -0.481 e. The number of anilines is 2. The lowest BCUT2D eigenvalue weighted by atomic mass is 10.2. The Labute approximate surface area is 166 Å². The van der Waals surface area contributed by atoms with E-state index in [0.717, 1.165) is 28.9 Å². The zero-order chi connectivity index (χ0) is 18.5. The van der Waals surface area contributed by atoms with Gasteiger partial charge in [0, 0.05) is 22.6 Å². The maximum absolute atomic E-state index is 12.6. The molecule has 5 nitrogen and oxygen atoms in total. The Bertz CT molecular complexity index is 781. The molecule has 3 rings (SSSR count). The van der Waals surface area contributed by atoms with E-state index in [0.29, 0.717) is 24.0 Å². The Kier molecular flexibility index (Phi) is 6.40. The van der Waals surface area contributed by atoms with Crippen LogP contribution >= 0.6 is 27.5 Å². The molecule has 0 radical (unpaired) electrons.